The average Bonchev–Trinajstić information content (AvgIpc) is 2.74. The van der Waals surface area contributed by atoms with Gasteiger partial charge >= 0.3 is 0 Å². The van der Waals surface area contributed by atoms with Crippen LogP contribution in [-0.2, 0) is 0 Å². The van der Waals surface area contributed by atoms with Crippen molar-refractivity contribution in [3.05, 3.63) is 19.9 Å². The van der Waals surface area contributed by atoms with E-state index in [0.717, 1.165) is 21.4 Å². The number of halogens is 2. The third kappa shape index (κ3) is 3.37. The van der Waals surface area contributed by atoms with Crippen molar-refractivity contribution in [3.8, 4) is 0 Å². The zero-order valence-electron chi connectivity index (χ0n) is 10.3. The van der Waals surface area contributed by atoms with Gasteiger partial charge in [-0.2, -0.15) is 0 Å². The molecule has 0 aromatic carbocycles. The minimum atomic E-state index is 0. The van der Waals surface area contributed by atoms with Crippen LogP contribution in [0.5, 0.6) is 0 Å². The predicted molar refractivity (Wildman–Crippen MR) is 86.6 cm³/mol. The number of hydrogen-bond acceptors (Lipinski definition) is 3. The van der Waals surface area contributed by atoms with Gasteiger partial charge in [-0.15, -0.1) is 23.7 Å². The zero-order chi connectivity index (χ0) is 12.4. The Morgan fingerprint density at radius 1 is 1.67 bits per heavy atom. The summed E-state index contributed by atoms with van der Waals surface area (Å²) >= 11 is 3.86. The molecule has 1 aromatic rings. The summed E-state index contributed by atoms with van der Waals surface area (Å²) in [7, 11) is 0. The highest BCUT2D eigenvalue weighted by atomic mass is 127. The van der Waals surface area contributed by atoms with Gasteiger partial charge < -0.3 is 10.6 Å². The summed E-state index contributed by atoms with van der Waals surface area (Å²) in [6.45, 7) is 3.60. The van der Waals surface area contributed by atoms with Crippen LogP contribution in [0, 0.1) is 8.80 Å². The predicted octanol–water partition coefficient (Wildman–Crippen LogP) is 2.97. The fourth-order valence-electron chi connectivity index (χ4n) is 2.45. The van der Waals surface area contributed by atoms with Gasteiger partial charge in [0.2, 0.25) is 0 Å². The van der Waals surface area contributed by atoms with E-state index in [1.165, 1.54) is 6.42 Å². The molecule has 2 rings (SSSR count). The van der Waals surface area contributed by atoms with E-state index >= 15 is 0 Å². The van der Waals surface area contributed by atoms with Crippen LogP contribution in [-0.4, -0.2) is 29.9 Å². The van der Waals surface area contributed by atoms with Crippen molar-refractivity contribution in [2.75, 3.05) is 13.1 Å². The molecule has 2 N–H and O–H groups in total. The lowest BCUT2D eigenvalue weighted by Gasteiger charge is -2.39. The zero-order valence-corrected chi connectivity index (χ0v) is 14.1. The second kappa shape index (κ2) is 7.07. The number of carbonyl (C=O) groups excluding carboxylic acids is 1. The Bertz CT molecular complexity index is 413. The Hall–Kier alpha value is 0.150. The molecule has 1 aromatic heterocycles. The SMILES string of the molecule is CC1CCCN(C(=O)c2csc(I)c2)C1CN.Cl. The number of nitrogens with two attached hydrogens (primary N) is 1. The fraction of sp³-hybridized carbons (Fsp3) is 0.583. The molecule has 2 atom stereocenters. The third-order valence-corrected chi connectivity index (χ3v) is 5.22. The molecule has 1 fully saturated rings. The van der Waals surface area contributed by atoms with Gasteiger partial charge in [-0.25, -0.2) is 0 Å². The van der Waals surface area contributed by atoms with Gasteiger partial charge in [0.05, 0.1) is 8.45 Å². The van der Waals surface area contributed by atoms with Crippen LogP contribution >= 0.6 is 46.3 Å². The smallest absolute Gasteiger partial charge is 0.255 e. The van der Waals surface area contributed by atoms with E-state index in [9.17, 15) is 4.79 Å². The van der Waals surface area contributed by atoms with E-state index in [-0.39, 0.29) is 24.4 Å². The quantitative estimate of drug-likeness (QED) is 0.776. The van der Waals surface area contributed by atoms with Crippen LogP contribution in [0.1, 0.15) is 30.1 Å². The van der Waals surface area contributed by atoms with Crippen LogP contribution < -0.4 is 5.73 Å². The lowest BCUT2D eigenvalue weighted by atomic mass is 9.90. The second-order valence-corrected chi connectivity index (χ2v) is 7.37. The molecule has 0 bridgehead atoms. The Balaban J connectivity index is 0.00000162. The van der Waals surface area contributed by atoms with Crippen molar-refractivity contribution < 1.29 is 4.79 Å². The molecule has 0 radical (unpaired) electrons. The maximum atomic E-state index is 12.4. The second-order valence-electron chi connectivity index (χ2n) is 4.56. The molecule has 0 spiro atoms. The van der Waals surface area contributed by atoms with E-state index in [4.69, 9.17) is 5.73 Å². The van der Waals surface area contributed by atoms with Crippen LogP contribution in [0.3, 0.4) is 0 Å². The molecule has 1 aliphatic rings. The van der Waals surface area contributed by atoms with Gasteiger partial charge in [0.1, 0.15) is 0 Å². The normalized spacial score (nSPS) is 23.6. The summed E-state index contributed by atoms with van der Waals surface area (Å²) in [6, 6.07) is 2.16. The first-order chi connectivity index (χ1) is 8.13. The molecule has 18 heavy (non-hydrogen) atoms. The maximum Gasteiger partial charge on any atom is 0.255 e. The lowest BCUT2D eigenvalue weighted by Crippen LogP contribution is -2.51. The highest BCUT2D eigenvalue weighted by Crippen LogP contribution is 2.26. The number of thiophene rings is 1. The third-order valence-electron chi connectivity index (χ3n) is 3.43. The number of rotatable bonds is 2. The molecule has 1 aliphatic heterocycles. The number of piperidine rings is 1. The Labute approximate surface area is 132 Å². The van der Waals surface area contributed by atoms with Crippen molar-refractivity contribution in [2.45, 2.75) is 25.8 Å². The van der Waals surface area contributed by atoms with Crippen LogP contribution in [0.25, 0.3) is 0 Å². The van der Waals surface area contributed by atoms with E-state index in [2.05, 4.69) is 29.5 Å². The van der Waals surface area contributed by atoms with Gasteiger partial charge in [0.25, 0.3) is 5.91 Å². The maximum absolute atomic E-state index is 12.4. The van der Waals surface area contributed by atoms with Gasteiger partial charge in [-0.05, 0) is 47.4 Å². The van der Waals surface area contributed by atoms with Crippen molar-refractivity contribution in [2.24, 2.45) is 11.7 Å². The standard InChI is InChI=1S/C12H17IN2OS.ClH/c1-8-3-2-4-15(10(8)6-14)12(16)9-5-11(13)17-7-9;/h5,7-8,10H,2-4,6,14H2,1H3;1H. The van der Waals surface area contributed by atoms with Gasteiger partial charge in [-0.3, -0.25) is 4.79 Å². The molecule has 2 unspecified atom stereocenters. The van der Waals surface area contributed by atoms with E-state index in [1.54, 1.807) is 11.3 Å². The Morgan fingerprint density at radius 2 is 2.39 bits per heavy atom. The first-order valence-corrected chi connectivity index (χ1v) is 7.84. The lowest BCUT2D eigenvalue weighted by molar-refractivity contribution is 0.0533. The number of hydrogen-bond donors (Lipinski definition) is 1. The average molecular weight is 401 g/mol. The molecule has 102 valence electrons. The summed E-state index contributed by atoms with van der Waals surface area (Å²) in [4.78, 5) is 14.4. The molecular weight excluding hydrogens is 383 g/mol. The summed E-state index contributed by atoms with van der Waals surface area (Å²) in [6.07, 6.45) is 2.26. The number of carbonyl (C=O) groups is 1. The van der Waals surface area contributed by atoms with E-state index < -0.39 is 0 Å². The number of nitrogens with zero attached hydrogens (tertiary/aromatic N) is 1. The van der Waals surface area contributed by atoms with Gasteiger partial charge in [0, 0.05) is 24.5 Å². The van der Waals surface area contributed by atoms with Crippen LogP contribution in [0.15, 0.2) is 11.4 Å². The van der Waals surface area contributed by atoms with Crippen LogP contribution in [0.2, 0.25) is 0 Å². The van der Waals surface area contributed by atoms with Gasteiger partial charge in [-0.1, -0.05) is 6.92 Å². The molecule has 3 nitrogen and oxygen atoms in total. The monoisotopic (exact) mass is 400 g/mol. The highest BCUT2D eigenvalue weighted by Gasteiger charge is 2.31. The Morgan fingerprint density at radius 3 is 2.94 bits per heavy atom. The molecule has 2 heterocycles. The van der Waals surface area contributed by atoms with Crippen molar-refractivity contribution >= 4 is 52.2 Å². The van der Waals surface area contributed by atoms with Crippen molar-refractivity contribution in [1.82, 2.24) is 4.90 Å². The topological polar surface area (TPSA) is 46.3 Å². The largest absolute Gasteiger partial charge is 0.334 e. The van der Waals surface area contributed by atoms with Crippen molar-refractivity contribution in [1.29, 1.82) is 0 Å². The fourth-order valence-corrected chi connectivity index (χ4v) is 3.77. The minimum absolute atomic E-state index is 0. The molecule has 0 saturated carbocycles. The first kappa shape index (κ1) is 16.2. The van der Waals surface area contributed by atoms with E-state index in [1.807, 2.05) is 16.3 Å². The minimum Gasteiger partial charge on any atom is -0.334 e. The van der Waals surface area contributed by atoms with Crippen molar-refractivity contribution in [3.63, 3.8) is 0 Å². The van der Waals surface area contributed by atoms with Crippen LogP contribution in [0.4, 0.5) is 0 Å². The summed E-state index contributed by atoms with van der Waals surface area (Å²) in [5.74, 6) is 0.654. The number of amides is 1. The van der Waals surface area contributed by atoms with Gasteiger partial charge in [0.15, 0.2) is 0 Å². The first-order valence-electron chi connectivity index (χ1n) is 5.88. The summed E-state index contributed by atoms with van der Waals surface area (Å²) < 4.78 is 1.15. The molecule has 1 amide bonds. The van der Waals surface area contributed by atoms with E-state index in [0.29, 0.717) is 12.5 Å². The Kier molecular flexibility index (Phi) is 6.37. The molecular formula is C12H18ClIN2OS. The molecule has 6 heteroatoms. The molecule has 0 aliphatic carbocycles. The number of likely N-dealkylation sites (tertiary alicyclic amines) is 1. The summed E-state index contributed by atoms with van der Waals surface area (Å²) in [5, 5.41) is 1.94. The summed E-state index contributed by atoms with van der Waals surface area (Å²) in [5.41, 5.74) is 6.62. The molecule has 1 saturated heterocycles. The highest BCUT2D eigenvalue weighted by molar-refractivity contribution is 14.1.